The Morgan fingerprint density at radius 2 is 1.74 bits per heavy atom. The van der Waals surface area contributed by atoms with Crippen LogP contribution >= 0.6 is 23.1 Å². The second kappa shape index (κ2) is 7.94. The quantitative estimate of drug-likeness (QED) is 0.425. The van der Waals surface area contributed by atoms with Crippen molar-refractivity contribution in [3.63, 3.8) is 0 Å². The average Bonchev–Trinajstić information content (AvgIpc) is 3.12. The van der Waals surface area contributed by atoms with Gasteiger partial charge in [-0.3, -0.25) is 4.79 Å². The van der Waals surface area contributed by atoms with Crippen molar-refractivity contribution in [2.75, 3.05) is 11.1 Å². The highest BCUT2D eigenvalue weighted by Gasteiger charge is 2.07. The van der Waals surface area contributed by atoms with Crippen molar-refractivity contribution >= 4 is 44.9 Å². The van der Waals surface area contributed by atoms with Gasteiger partial charge in [0.2, 0.25) is 5.91 Å². The van der Waals surface area contributed by atoms with Gasteiger partial charge in [0.05, 0.1) is 16.0 Å². The first kappa shape index (κ1) is 17.8. The number of nitrogens with one attached hydrogen (secondary N) is 1. The summed E-state index contributed by atoms with van der Waals surface area (Å²) in [5.74, 6) is 0.385. The lowest BCUT2D eigenvalue weighted by atomic mass is 10.2. The normalized spacial score (nSPS) is 10.9. The Balaban J connectivity index is 1.38. The topological polar surface area (TPSA) is 42.0 Å². The van der Waals surface area contributed by atoms with E-state index in [-0.39, 0.29) is 5.91 Å². The third-order valence-electron chi connectivity index (χ3n) is 4.10. The van der Waals surface area contributed by atoms with Gasteiger partial charge in [-0.1, -0.05) is 29.8 Å². The highest BCUT2D eigenvalue weighted by Crippen LogP contribution is 2.30. The predicted molar refractivity (Wildman–Crippen MR) is 116 cm³/mol. The molecule has 0 unspecified atom stereocenters. The Morgan fingerprint density at radius 1 is 1.00 bits per heavy atom. The Kier molecular flexibility index (Phi) is 5.23. The summed E-state index contributed by atoms with van der Waals surface area (Å²) in [6.45, 7) is 2.05. The number of nitrogens with zero attached hydrogens (tertiary/aromatic N) is 1. The number of fused-ring (bicyclic) bond motifs is 1. The number of hydrogen-bond acceptors (Lipinski definition) is 4. The van der Waals surface area contributed by atoms with Crippen LogP contribution in [0.2, 0.25) is 0 Å². The number of para-hydroxylation sites is 1. The average molecular weight is 391 g/mol. The molecule has 0 radical (unpaired) electrons. The van der Waals surface area contributed by atoms with Crippen LogP contribution in [0.25, 0.3) is 20.8 Å². The van der Waals surface area contributed by atoms with Gasteiger partial charge >= 0.3 is 0 Å². The monoisotopic (exact) mass is 390 g/mol. The minimum absolute atomic E-state index is 0.00619. The molecular formula is C22H18N2OS2. The Hall–Kier alpha value is -2.63. The molecule has 27 heavy (non-hydrogen) atoms. The number of aryl methyl sites for hydroxylation is 1. The zero-order chi connectivity index (χ0) is 18.6. The molecule has 0 saturated heterocycles. The predicted octanol–water partition coefficient (Wildman–Crippen LogP) is 6.00. The molecule has 0 bridgehead atoms. The molecule has 4 aromatic rings. The second-order valence-electron chi connectivity index (χ2n) is 6.21. The highest BCUT2D eigenvalue weighted by atomic mass is 32.2. The number of anilines is 1. The van der Waals surface area contributed by atoms with Gasteiger partial charge in [-0.05, 0) is 55.5 Å². The first-order valence-electron chi connectivity index (χ1n) is 8.63. The molecule has 0 atom stereocenters. The van der Waals surface area contributed by atoms with Crippen molar-refractivity contribution in [1.29, 1.82) is 0 Å². The number of carbonyl (C=O) groups excluding carboxylic acids is 1. The molecule has 134 valence electrons. The van der Waals surface area contributed by atoms with Crippen LogP contribution in [0.5, 0.6) is 0 Å². The molecular weight excluding hydrogens is 372 g/mol. The van der Waals surface area contributed by atoms with Gasteiger partial charge in [0.15, 0.2) is 0 Å². The molecule has 0 aliphatic heterocycles. The van der Waals surface area contributed by atoms with Gasteiger partial charge in [0, 0.05) is 16.1 Å². The van der Waals surface area contributed by atoms with E-state index in [1.807, 2.05) is 54.6 Å². The number of amides is 1. The summed E-state index contributed by atoms with van der Waals surface area (Å²) in [5.41, 5.74) is 4.10. The molecule has 3 nitrogen and oxygen atoms in total. The van der Waals surface area contributed by atoms with Crippen LogP contribution in [0.15, 0.2) is 77.7 Å². The lowest BCUT2D eigenvalue weighted by molar-refractivity contribution is -0.113. The van der Waals surface area contributed by atoms with E-state index in [1.165, 1.54) is 22.0 Å². The fraction of sp³-hybridized carbons (Fsp3) is 0.0909. The van der Waals surface area contributed by atoms with Crippen LogP contribution in [0, 0.1) is 6.92 Å². The van der Waals surface area contributed by atoms with Gasteiger partial charge < -0.3 is 5.32 Å². The van der Waals surface area contributed by atoms with E-state index < -0.39 is 0 Å². The summed E-state index contributed by atoms with van der Waals surface area (Å²) in [6.07, 6.45) is 0. The summed E-state index contributed by atoms with van der Waals surface area (Å²) in [7, 11) is 0. The van der Waals surface area contributed by atoms with E-state index >= 15 is 0 Å². The van der Waals surface area contributed by atoms with Gasteiger partial charge in [-0.2, -0.15) is 0 Å². The summed E-state index contributed by atoms with van der Waals surface area (Å²) in [6, 6.07) is 24.2. The summed E-state index contributed by atoms with van der Waals surface area (Å²) in [4.78, 5) is 18.0. The zero-order valence-electron chi connectivity index (χ0n) is 14.8. The van der Waals surface area contributed by atoms with Crippen LogP contribution in [0.4, 0.5) is 5.69 Å². The molecule has 0 fully saturated rings. The maximum atomic E-state index is 12.2. The smallest absolute Gasteiger partial charge is 0.234 e. The molecule has 4 rings (SSSR count). The molecule has 0 saturated carbocycles. The Labute approximate surface area is 166 Å². The highest BCUT2D eigenvalue weighted by molar-refractivity contribution is 8.00. The second-order valence-corrected chi connectivity index (χ2v) is 8.29. The SMILES string of the molecule is Cc1ccc(SCC(=O)Nc2ccc(-c3nc4ccccc4s3)cc2)cc1. The van der Waals surface area contributed by atoms with Gasteiger partial charge in [-0.15, -0.1) is 23.1 Å². The lowest BCUT2D eigenvalue weighted by Crippen LogP contribution is -2.13. The molecule has 0 spiro atoms. The van der Waals surface area contributed by atoms with E-state index in [1.54, 1.807) is 11.3 Å². The number of aromatic nitrogens is 1. The maximum Gasteiger partial charge on any atom is 0.234 e. The zero-order valence-corrected chi connectivity index (χ0v) is 16.4. The third-order valence-corrected chi connectivity index (χ3v) is 6.20. The van der Waals surface area contributed by atoms with Crippen LogP contribution in [-0.2, 0) is 4.79 Å². The van der Waals surface area contributed by atoms with Crippen molar-refractivity contribution in [3.05, 3.63) is 78.4 Å². The number of hydrogen-bond donors (Lipinski definition) is 1. The number of rotatable bonds is 5. The molecule has 1 amide bonds. The Bertz CT molecular complexity index is 1040. The number of benzene rings is 3. The standard InChI is InChI=1S/C22H18N2OS2/c1-15-6-12-18(13-7-15)26-14-21(25)23-17-10-8-16(9-11-17)22-24-19-4-2-3-5-20(19)27-22/h2-13H,14H2,1H3,(H,23,25). The molecule has 1 N–H and O–H groups in total. The third kappa shape index (κ3) is 4.38. The Morgan fingerprint density at radius 3 is 2.48 bits per heavy atom. The van der Waals surface area contributed by atoms with E-state index in [0.717, 1.165) is 26.7 Å². The van der Waals surface area contributed by atoms with E-state index in [0.29, 0.717) is 5.75 Å². The molecule has 5 heteroatoms. The summed E-state index contributed by atoms with van der Waals surface area (Å²) < 4.78 is 1.18. The lowest BCUT2D eigenvalue weighted by Gasteiger charge is -2.06. The fourth-order valence-corrected chi connectivity index (χ4v) is 4.34. The number of thiazole rings is 1. The number of thioether (sulfide) groups is 1. The van der Waals surface area contributed by atoms with Crippen LogP contribution in [0.3, 0.4) is 0 Å². The van der Waals surface area contributed by atoms with E-state index in [4.69, 9.17) is 0 Å². The summed E-state index contributed by atoms with van der Waals surface area (Å²) >= 11 is 3.21. The van der Waals surface area contributed by atoms with Crippen molar-refractivity contribution in [1.82, 2.24) is 4.98 Å². The van der Waals surface area contributed by atoms with Gasteiger partial charge in [0.25, 0.3) is 0 Å². The number of carbonyl (C=O) groups is 1. The van der Waals surface area contributed by atoms with Gasteiger partial charge in [-0.25, -0.2) is 4.98 Å². The van der Waals surface area contributed by atoms with Crippen LogP contribution in [-0.4, -0.2) is 16.6 Å². The maximum absolute atomic E-state index is 12.2. The fourth-order valence-electron chi connectivity index (χ4n) is 2.67. The van der Waals surface area contributed by atoms with Crippen molar-refractivity contribution < 1.29 is 4.79 Å². The minimum atomic E-state index is -0.00619. The molecule has 1 heterocycles. The van der Waals surface area contributed by atoms with Crippen molar-refractivity contribution in [2.24, 2.45) is 0 Å². The molecule has 0 aliphatic carbocycles. The first-order valence-corrected chi connectivity index (χ1v) is 10.4. The van der Waals surface area contributed by atoms with E-state index in [2.05, 4.69) is 35.4 Å². The van der Waals surface area contributed by atoms with Crippen LogP contribution < -0.4 is 5.32 Å². The largest absolute Gasteiger partial charge is 0.325 e. The summed E-state index contributed by atoms with van der Waals surface area (Å²) in [5, 5.41) is 3.94. The molecule has 0 aliphatic rings. The first-order chi connectivity index (χ1) is 13.2. The van der Waals surface area contributed by atoms with Gasteiger partial charge in [0.1, 0.15) is 5.01 Å². The van der Waals surface area contributed by atoms with Crippen molar-refractivity contribution in [2.45, 2.75) is 11.8 Å². The molecule has 1 aromatic heterocycles. The van der Waals surface area contributed by atoms with E-state index in [9.17, 15) is 4.79 Å². The molecule has 3 aromatic carbocycles. The minimum Gasteiger partial charge on any atom is -0.325 e. The van der Waals surface area contributed by atoms with Crippen LogP contribution in [0.1, 0.15) is 5.56 Å². The van der Waals surface area contributed by atoms with Crippen molar-refractivity contribution in [3.8, 4) is 10.6 Å².